The van der Waals surface area contributed by atoms with Gasteiger partial charge in [-0.1, -0.05) is 0 Å². The van der Waals surface area contributed by atoms with Crippen LogP contribution >= 0.6 is 10.6 Å². The first kappa shape index (κ1) is 23.2. The highest BCUT2D eigenvalue weighted by molar-refractivity contribution is 8.25. The third-order valence-corrected chi connectivity index (χ3v) is 7.55. The molecule has 1 saturated heterocycles. The quantitative estimate of drug-likeness (QED) is 0.494. The Morgan fingerprint density at radius 3 is 2.52 bits per heavy atom. The summed E-state index contributed by atoms with van der Waals surface area (Å²) in [6.45, 7) is 2.33. The summed E-state index contributed by atoms with van der Waals surface area (Å²) in [6.07, 6.45) is 2.49. The van der Waals surface area contributed by atoms with Crippen LogP contribution in [-0.2, 0) is 0 Å². The smallest absolute Gasteiger partial charge is 0.387 e. The molecular formula is C21H24F2N4O5S. The minimum absolute atomic E-state index is 0.0884. The van der Waals surface area contributed by atoms with Crippen molar-refractivity contribution < 1.29 is 27.4 Å². The predicted octanol–water partition coefficient (Wildman–Crippen LogP) is 3.62. The van der Waals surface area contributed by atoms with Crippen LogP contribution in [0.15, 0.2) is 41.5 Å². The first-order valence-electron chi connectivity index (χ1n) is 10.1. The van der Waals surface area contributed by atoms with Gasteiger partial charge in [0.15, 0.2) is 0 Å². The Morgan fingerprint density at radius 1 is 1.21 bits per heavy atom. The van der Waals surface area contributed by atoms with E-state index in [1.54, 1.807) is 25.1 Å². The molecule has 0 bridgehead atoms. The van der Waals surface area contributed by atoms with E-state index in [0.717, 1.165) is 6.20 Å². The van der Waals surface area contributed by atoms with E-state index in [0.29, 0.717) is 16.6 Å². The van der Waals surface area contributed by atoms with Crippen molar-refractivity contribution in [2.75, 3.05) is 11.5 Å². The minimum Gasteiger partial charge on any atom is -0.433 e. The van der Waals surface area contributed by atoms with Crippen molar-refractivity contribution in [3.8, 4) is 11.4 Å². The summed E-state index contributed by atoms with van der Waals surface area (Å²) in [5, 5.41) is 2.83. The minimum atomic E-state index is -3.03. The fraction of sp³-hybridized carbons (Fsp3) is 0.381. The van der Waals surface area contributed by atoms with E-state index in [-0.39, 0.29) is 29.0 Å². The highest BCUT2D eigenvalue weighted by Crippen LogP contribution is 2.53. The number of nitrogens with one attached hydrogen (secondary N) is 1. The molecule has 12 heteroatoms. The van der Waals surface area contributed by atoms with Crippen LogP contribution in [0.2, 0.25) is 0 Å². The number of ether oxygens (including phenoxy) is 1. The molecule has 0 saturated carbocycles. The average Bonchev–Trinajstić information content (AvgIpc) is 2.96. The lowest BCUT2D eigenvalue weighted by atomic mass is 10.1. The number of amides is 1. The second kappa shape index (κ2) is 8.12. The Bertz CT molecular complexity index is 1280. The van der Waals surface area contributed by atoms with Crippen LogP contribution in [0.25, 0.3) is 16.7 Å². The first-order chi connectivity index (χ1) is 15.4. The number of alkyl halides is 2. The standard InChI is InChI=1S/C21H24F2N4O5S/c1-12(2)26-17-6-13(18(28)25-21(3)10-33(30,31)11-21)4-5-16(17)27(20(26)29)14-7-15(9-24-8-14)32-19(22)23/h4-9,12,19,30-31H,10-11H2,1-3H3,(H,25,28). The van der Waals surface area contributed by atoms with Crippen molar-refractivity contribution in [3.63, 3.8) is 0 Å². The van der Waals surface area contributed by atoms with Crippen LogP contribution in [0.4, 0.5) is 8.78 Å². The van der Waals surface area contributed by atoms with Crippen molar-refractivity contribution in [2.24, 2.45) is 0 Å². The lowest BCUT2D eigenvalue weighted by molar-refractivity contribution is -0.0500. The maximum Gasteiger partial charge on any atom is 0.387 e. The zero-order valence-corrected chi connectivity index (χ0v) is 19.0. The van der Waals surface area contributed by atoms with Crippen LogP contribution in [-0.4, -0.2) is 52.8 Å². The molecule has 4 rings (SSSR count). The summed E-state index contributed by atoms with van der Waals surface area (Å²) in [5.41, 5.74) is 0.342. The third kappa shape index (κ3) is 4.45. The van der Waals surface area contributed by atoms with Gasteiger partial charge in [0, 0.05) is 17.7 Å². The number of benzene rings is 1. The number of carbonyl (C=O) groups excluding carboxylic acids is 1. The predicted molar refractivity (Wildman–Crippen MR) is 121 cm³/mol. The molecule has 0 atom stereocenters. The maximum absolute atomic E-state index is 13.3. The highest BCUT2D eigenvalue weighted by atomic mass is 32.3. The Morgan fingerprint density at radius 2 is 1.91 bits per heavy atom. The van der Waals surface area contributed by atoms with Gasteiger partial charge in [0.1, 0.15) is 5.75 Å². The van der Waals surface area contributed by atoms with Crippen LogP contribution in [0.1, 0.15) is 37.2 Å². The molecule has 0 radical (unpaired) electrons. The van der Waals surface area contributed by atoms with E-state index < -0.39 is 34.3 Å². The highest BCUT2D eigenvalue weighted by Gasteiger charge is 2.45. The fourth-order valence-corrected chi connectivity index (χ4v) is 6.30. The molecule has 33 heavy (non-hydrogen) atoms. The lowest BCUT2D eigenvalue weighted by Crippen LogP contribution is -2.61. The van der Waals surface area contributed by atoms with Crippen LogP contribution in [0.3, 0.4) is 0 Å². The molecule has 178 valence electrons. The molecule has 3 aromatic rings. The molecule has 1 fully saturated rings. The van der Waals surface area contributed by atoms with Crippen molar-refractivity contribution in [2.45, 2.75) is 39.0 Å². The topological polar surface area (TPSA) is 119 Å². The van der Waals surface area contributed by atoms with Gasteiger partial charge in [-0.3, -0.25) is 28.0 Å². The Hall–Kier alpha value is -2.96. The second-order valence-corrected chi connectivity index (χ2v) is 10.8. The maximum atomic E-state index is 13.3. The normalized spacial score (nSPS) is 17.7. The van der Waals surface area contributed by atoms with E-state index in [1.165, 1.54) is 21.4 Å². The van der Waals surface area contributed by atoms with Crippen molar-refractivity contribution in [1.82, 2.24) is 19.4 Å². The zero-order chi connectivity index (χ0) is 24.1. The van der Waals surface area contributed by atoms with Crippen molar-refractivity contribution in [3.05, 3.63) is 52.7 Å². The molecule has 0 unspecified atom stereocenters. The van der Waals surface area contributed by atoms with Gasteiger partial charge in [0.05, 0.1) is 46.2 Å². The van der Waals surface area contributed by atoms with E-state index in [2.05, 4.69) is 15.0 Å². The Kier molecular flexibility index (Phi) is 5.71. The van der Waals surface area contributed by atoms with Gasteiger partial charge in [-0.05, 0) is 39.0 Å². The van der Waals surface area contributed by atoms with Crippen molar-refractivity contribution >= 4 is 27.5 Å². The monoisotopic (exact) mass is 482 g/mol. The Labute approximate surface area is 189 Å². The molecule has 1 aromatic carbocycles. The summed E-state index contributed by atoms with van der Waals surface area (Å²) < 4.78 is 51.8. The van der Waals surface area contributed by atoms with Crippen LogP contribution in [0.5, 0.6) is 5.75 Å². The summed E-state index contributed by atoms with van der Waals surface area (Å²) >= 11 is 0. The Balaban J connectivity index is 1.76. The summed E-state index contributed by atoms with van der Waals surface area (Å²) in [4.78, 5) is 30.0. The van der Waals surface area contributed by atoms with E-state index >= 15 is 0 Å². The molecule has 9 nitrogen and oxygen atoms in total. The number of nitrogens with zero attached hydrogens (tertiary/aromatic N) is 3. The molecule has 1 aliphatic heterocycles. The van der Waals surface area contributed by atoms with Gasteiger partial charge in [0.25, 0.3) is 5.91 Å². The third-order valence-electron chi connectivity index (χ3n) is 5.35. The van der Waals surface area contributed by atoms with Gasteiger partial charge in [-0.25, -0.2) is 4.79 Å². The zero-order valence-electron chi connectivity index (χ0n) is 18.2. The fourth-order valence-electron chi connectivity index (χ4n) is 4.20. The molecule has 0 aliphatic carbocycles. The number of imidazole rings is 1. The van der Waals surface area contributed by atoms with Gasteiger partial charge in [-0.15, -0.1) is 0 Å². The molecular weight excluding hydrogens is 458 g/mol. The summed E-state index contributed by atoms with van der Waals surface area (Å²) in [6, 6.07) is 5.76. The molecule has 1 amide bonds. The second-order valence-electron chi connectivity index (χ2n) is 8.65. The van der Waals surface area contributed by atoms with Gasteiger partial charge >= 0.3 is 12.3 Å². The van der Waals surface area contributed by atoms with E-state index in [1.807, 2.05) is 13.8 Å². The van der Waals surface area contributed by atoms with E-state index in [4.69, 9.17) is 0 Å². The number of carbonyl (C=O) groups is 1. The van der Waals surface area contributed by atoms with Gasteiger partial charge in [-0.2, -0.15) is 19.4 Å². The molecule has 3 N–H and O–H groups in total. The number of hydrogen-bond acceptors (Lipinski definition) is 6. The van der Waals surface area contributed by atoms with Crippen LogP contribution < -0.4 is 15.7 Å². The van der Waals surface area contributed by atoms with Crippen molar-refractivity contribution in [1.29, 1.82) is 0 Å². The number of halogens is 2. The largest absolute Gasteiger partial charge is 0.433 e. The number of pyridine rings is 1. The SMILES string of the molecule is CC(C)n1c(=O)n(-c2cncc(OC(F)F)c2)c2ccc(C(=O)NC3(C)CS(O)(O)C3)cc21. The van der Waals surface area contributed by atoms with Gasteiger partial charge in [0.2, 0.25) is 0 Å². The average molecular weight is 483 g/mol. The summed E-state index contributed by atoms with van der Waals surface area (Å²) in [7, 11) is -2.64. The lowest BCUT2D eigenvalue weighted by Gasteiger charge is -2.54. The number of rotatable bonds is 6. The molecule has 0 spiro atoms. The van der Waals surface area contributed by atoms with Crippen LogP contribution in [0, 0.1) is 0 Å². The number of fused-ring (bicyclic) bond motifs is 1. The van der Waals surface area contributed by atoms with E-state index in [9.17, 15) is 27.5 Å². The molecule has 2 aromatic heterocycles. The molecule has 3 heterocycles. The molecule has 1 aliphatic rings. The number of aromatic nitrogens is 3. The van der Waals surface area contributed by atoms with Gasteiger partial charge < -0.3 is 10.1 Å². The summed E-state index contributed by atoms with van der Waals surface area (Å²) in [5.74, 6) is -0.412. The number of hydrogen-bond donors (Lipinski definition) is 3. The first-order valence-corrected chi connectivity index (χ1v) is 12.0.